The number of amides is 1. The van der Waals surface area contributed by atoms with Gasteiger partial charge in [0.15, 0.2) is 5.76 Å². The Morgan fingerprint density at radius 3 is 2.66 bits per heavy atom. The van der Waals surface area contributed by atoms with Crippen LogP contribution in [-0.2, 0) is 19.0 Å². The third-order valence-corrected chi connectivity index (χ3v) is 5.68. The van der Waals surface area contributed by atoms with Crippen LogP contribution in [0.4, 0.5) is 5.69 Å². The molecular weight excluding hydrogens is 452 g/mol. The number of hydrogen-bond donors (Lipinski definition) is 3. The highest BCUT2D eigenvalue weighted by molar-refractivity contribution is 6.03. The van der Waals surface area contributed by atoms with E-state index in [1.54, 1.807) is 35.0 Å². The van der Waals surface area contributed by atoms with Gasteiger partial charge in [-0.25, -0.2) is 0 Å². The van der Waals surface area contributed by atoms with E-state index in [4.69, 9.17) is 19.3 Å². The van der Waals surface area contributed by atoms with Crippen molar-refractivity contribution >= 4 is 28.4 Å². The summed E-state index contributed by atoms with van der Waals surface area (Å²) in [6.45, 7) is 2.09. The summed E-state index contributed by atoms with van der Waals surface area (Å²) in [5, 5.41) is 22.5. The highest BCUT2D eigenvalue weighted by Crippen LogP contribution is 2.37. The lowest BCUT2D eigenvalue weighted by Gasteiger charge is -2.29. The maximum Gasteiger partial charge on any atom is 0.290 e. The minimum atomic E-state index is -0.743. The molecule has 2 heterocycles. The predicted octanol–water partition coefficient (Wildman–Crippen LogP) is 3.39. The number of hydrogen-bond acceptors (Lipinski definition) is 7. The van der Waals surface area contributed by atoms with E-state index >= 15 is 0 Å². The Bertz CT molecular complexity index is 1230. The van der Waals surface area contributed by atoms with Gasteiger partial charge in [0.25, 0.3) is 5.91 Å². The maximum absolute atomic E-state index is 13.1. The molecule has 0 spiro atoms. The molecule has 2 atom stereocenters. The number of phenolic OH excluding ortho intramolecular Hbond substituents is 1. The number of nitrogens with zero attached hydrogens (tertiary/aromatic N) is 1. The van der Waals surface area contributed by atoms with Crippen molar-refractivity contribution in [2.24, 2.45) is 0 Å². The number of carbonyl (C=O) groups excluding carboxylic acids is 2. The molecule has 0 radical (unpaired) electrons. The second-order valence-electron chi connectivity index (χ2n) is 8.09. The Morgan fingerprint density at radius 2 is 1.89 bits per heavy atom. The van der Waals surface area contributed by atoms with E-state index in [1.807, 2.05) is 24.3 Å². The third-order valence-electron chi connectivity index (χ3n) is 5.68. The van der Waals surface area contributed by atoms with E-state index in [-0.39, 0.29) is 55.4 Å². The lowest BCUT2D eigenvalue weighted by molar-refractivity contribution is -0.148. The fourth-order valence-electron chi connectivity index (χ4n) is 4.07. The van der Waals surface area contributed by atoms with Crippen LogP contribution < -0.4 is 5.32 Å². The average molecular weight is 481 g/mol. The molecule has 0 bridgehead atoms. The first-order chi connectivity index (χ1) is 17.0. The summed E-state index contributed by atoms with van der Waals surface area (Å²) in [5.74, 6) is -0.938. The number of nitrogens with one attached hydrogen (secondary N) is 1. The molecule has 9 nitrogen and oxygen atoms in total. The predicted molar refractivity (Wildman–Crippen MR) is 129 cm³/mol. The van der Waals surface area contributed by atoms with Crippen LogP contribution in [0.25, 0.3) is 10.9 Å². The van der Waals surface area contributed by atoms with Crippen LogP contribution in [0.3, 0.4) is 0 Å². The first kappa shape index (κ1) is 24.5. The summed E-state index contributed by atoms with van der Waals surface area (Å²) in [6, 6.07) is 14.0. The molecule has 0 aliphatic carbocycles. The van der Waals surface area contributed by atoms with Crippen molar-refractivity contribution in [1.29, 1.82) is 0 Å². The molecule has 9 heteroatoms. The van der Waals surface area contributed by atoms with Crippen LogP contribution in [0.1, 0.15) is 29.6 Å². The molecule has 1 amide bonds. The Morgan fingerprint density at radius 1 is 1.11 bits per heavy atom. The number of fused-ring (bicyclic) bond motifs is 1. The van der Waals surface area contributed by atoms with Gasteiger partial charge in [-0.2, -0.15) is 0 Å². The van der Waals surface area contributed by atoms with Gasteiger partial charge < -0.3 is 29.7 Å². The molecule has 3 aromatic rings. The summed E-state index contributed by atoms with van der Waals surface area (Å²) < 4.78 is 18.5. The summed E-state index contributed by atoms with van der Waals surface area (Å²) in [7, 11) is 0. The van der Waals surface area contributed by atoms with Crippen molar-refractivity contribution < 1.29 is 34.0 Å². The standard InChI is InChI=1S/C26H28N2O7/c1-17(30)28-16-20(19-6-2-4-8-22(19)28)18-14-24(26(32)27-21-7-3-5-9-23(21)31)35-25(15-18)34-13-12-33-11-10-29/h2-9,14,16,18,25,29,31H,10-13,15H2,1H3,(H,27,32). The number of aromatic nitrogens is 1. The SMILES string of the molecule is CC(=O)n1cc(C2C=C(C(=O)Nc3ccccc3O)OC(OCCOCCO)C2)c2ccccc21. The number of carbonyl (C=O) groups is 2. The van der Waals surface area contributed by atoms with E-state index in [9.17, 15) is 14.7 Å². The van der Waals surface area contributed by atoms with E-state index in [1.165, 1.54) is 13.0 Å². The second-order valence-corrected chi connectivity index (χ2v) is 8.09. The monoisotopic (exact) mass is 480 g/mol. The van der Waals surface area contributed by atoms with E-state index < -0.39 is 12.2 Å². The van der Waals surface area contributed by atoms with Gasteiger partial charge in [-0.05, 0) is 29.8 Å². The molecule has 1 aliphatic rings. The van der Waals surface area contributed by atoms with Crippen molar-refractivity contribution in [2.75, 3.05) is 31.7 Å². The minimum absolute atomic E-state index is 0.0467. The molecule has 4 rings (SSSR count). The highest BCUT2D eigenvalue weighted by Gasteiger charge is 2.31. The van der Waals surface area contributed by atoms with Gasteiger partial charge in [0.1, 0.15) is 5.75 Å². The zero-order chi connectivity index (χ0) is 24.8. The highest BCUT2D eigenvalue weighted by atomic mass is 16.7. The van der Waals surface area contributed by atoms with Gasteiger partial charge in [0, 0.05) is 30.8 Å². The normalized spacial score (nSPS) is 17.6. The van der Waals surface area contributed by atoms with E-state index in [2.05, 4.69) is 5.32 Å². The Labute approximate surface area is 202 Å². The first-order valence-electron chi connectivity index (χ1n) is 11.4. The maximum atomic E-state index is 13.1. The van der Waals surface area contributed by atoms with Gasteiger partial charge in [-0.1, -0.05) is 30.3 Å². The summed E-state index contributed by atoms with van der Waals surface area (Å²) in [4.78, 5) is 25.3. The number of phenols is 1. The van der Waals surface area contributed by atoms with E-state index in [0.29, 0.717) is 6.42 Å². The van der Waals surface area contributed by atoms with Crippen LogP contribution in [0.15, 0.2) is 66.6 Å². The van der Waals surface area contributed by atoms with Crippen molar-refractivity contribution in [1.82, 2.24) is 4.57 Å². The smallest absolute Gasteiger partial charge is 0.290 e. The molecular formula is C26H28N2O7. The number of aliphatic hydroxyl groups is 1. The van der Waals surface area contributed by atoms with Gasteiger partial charge in [-0.15, -0.1) is 0 Å². The molecule has 2 aromatic carbocycles. The van der Waals surface area contributed by atoms with Gasteiger partial charge >= 0.3 is 0 Å². The van der Waals surface area contributed by atoms with Gasteiger partial charge in [0.2, 0.25) is 12.2 Å². The topological polar surface area (TPSA) is 119 Å². The summed E-state index contributed by atoms with van der Waals surface area (Å²) in [6.07, 6.45) is 3.18. The van der Waals surface area contributed by atoms with Crippen LogP contribution in [-0.4, -0.2) is 59.3 Å². The molecule has 3 N–H and O–H groups in total. The van der Waals surface area contributed by atoms with Crippen molar-refractivity contribution in [2.45, 2.75) is 25.6 Å². The van der Waals surface area contributed by atoms with E-state index in [0.717, 1.165) is 16.5 Å². The second kappa shape index (κ2) is 11.2. The lowest BCUT2D eigenvalue weighted by Crippen LogP contribution is -2.30. The Kier molecular flexibility index (Phi) is 7.81. The average Bonchev–Trinajstić information content (AvgIpc) is 3.25. The molecule has 0 fully saturated rings. The number of allylic oxidation sites excluding steroid dienone is 1. The van der Waals surface area contributed by atoms with Gasteiger partial charge in [0.05, 0.1) is 37.6 Å². The fourth-order valence-corrected chi connectivity index (χ4v) is 4.07. The number of anilines is 1. The van der Waals surface area contributed by atoms with Gasteiger partial charge in [-0.3, -0.25) is 14.2 Å². The zero-order valence-electron chi connectivity index (χ0n) is 19.3. The molecule has 0 saturated carbocycles. The number of benzene rings is 2. The number of aliphatic hydroxyl groups excluding tert-OH is 1. The molecule has 2 unspecified atom stereocenters. The Hall–Kier alpha value is -3.66. The molecule has 0 saturated heterocycles. The number of rotatable bonds is 9. The van der Waals surface area contributed by atoms with Crippen LogP contribution in [0.5, 0.6) is 5.75 Å². The van der Waals surface area contributed by atoms with Crippen LogP contribution >= 0.6 is 0 Å². The van der Waals surface area contributed by atoms with Crippen molar-refractivity contribution in [3.8, 4) is 5.75 Å². The van der Waals surface area contributed by atoms with Crippen molar-refractivity contribution in [3.63, 3.8) is 0 Å². The molecule has 1 aliphatic heterocycles. The largest absolute Gasteiger partial charge is 0.506 e. The third kappa shape index (κ3) is 5.71. The summed E-state index contributed by atoms with van der Waals surface area (Å²) >= 11 is 0. The first-order valence-corrected chi connectivity index (χ1v) is 11.4. The Balaban J connectivity index is 1.63. The fraction of sp³-hybridized carbons (Fsp3) is 0.308. The number of ether oxygens (including phenoxy) is 3. The number of aromatic hydroxyl groups is 1. The lowest BCUT2D eigenvalue weighted by atomic mass is 9.92. The quantitative estimate of drug-likeness (QED) is 0.317. The zero-order valence-corrected chi connectivity index (χ0v) is 19.3. The van der Waals surface area contributed by atoms with Crippen molar-refractivity contribution in [3.05, 3.63) is 72.1 Å². The van der Waals surface area contributed by atoms with Crippen LogP contribution in [0, 0.1) is 0 Å². The van der Waals surface area contributed by atoms with Crippen LogP contribution in [0.2, 0.25) is 0 Å². The minimum Gasteiger partial charge on any atom is -0.506 e. The molecule has 1 aromatic heterocycles. The number of para-hydroxylation sites is 3. The molecule has 35 heavy (non-hydrogen) atoms. The summed E-state index contributed by atoms with van der Waals surface area (Å²) in [5.41, 5.74) is 1.91. The molecule has 184 valence electrons.